The van der Waals surface area contributed by atoms with E-state index in [1.165, 1.54) is 12.8 Å². The first-order chi connectivity index (χ1) is 13.7. The quantitative estimate of drug-likeness (QED) is 0.545. The molecule has 2 atom stereocenters. The smallest absolute Gasteiger partial charge is 0.252 e. The van der Waals surface area contributed by atoms with Crippen LogP contribution < -0.4 is 10.6 Å². The van der Waals surface area contributed by atoms with Crippen LogP contribution in [0.5, 0.6) is 0 Å². The average molecular weight is 465 g/mol. The van der Waals surface area contributed by atoms with Crippen molar-refractivity contribution in [2.75, 3.05) is 0 Å². The molecule has 30 heavy (non-hydrogen) atoms. The van der Waals surface area contributed by atoms with Gasteiger partial charge in [-0.3, -0.25) is 4.79 Å². The number of aromatic nitrogens is 1. The monoisotopic (exact) mass is 463 g/mol. The molecular weight excluding hydrogens is 441 g/mol. The van der Waals surface area contributed by atoms with Crippen LogP contribution in [-0.4, -0.2) is 29.0 Å². The topological polar surface area (TPSA) is 54.0 Å². The van der Waals surface area contributed by atoms with Gasteiger partial charge in [-0.1, -0.05) is 48.0 Å². The third-order valence-corrected chi connectivity index (χ3v) is 6.25. The van der Waals surface area contributed by atoms with Gasteiger partial charge in [0.25, 0.3) is 5.91 Å². The summed E-state index contributed by atoms with van der Waals surface area (Å²) in [6.07, 6.45) is 4.43. The number of piperidine rings is 1. The summed E-state index contributed by atoms with van der Waals surface area (Å²) >= 11 is 6.39. The van der Waals surface area contributed by atoms with Crippen LogP contribution in [0.1, 0.15) is 36.0 Å². The molecule has 2 aromatic carbocycles. The Balaban J connectivity index is 0.00000128. The lowest BCUT2D eigenvalue weighted by atomic mass is 9.98. The second kappa shape index (κ2) is 9.52. The van der Waals surface area contributed by atoms with Crippen molar-refractivity contribution in [3.63, 3.8) is 0 Å². The minimum Gasteiger partial charge on any atom is -0.349 e. The minimum atomic E-state index is -0.0294. The zero-order chi connectivity index (χ0) is 19.1. The van der Waals surface area contributed by atoms with E-state index >= 15 is 0 Å². The maximum atomic E-state index is 13.2. The third kappa shape index (κ3) is 4.42. The number of para-hydroxylation sites is 1. The van der Waals surface area contributed by atoms with Crippen molar-refractivity contribution < 1.29 is 4.79 Å². The highest BCUT2D eigenvalue weighted by atomic mass is 35.5. The molecule has 158 valence electrons. The molecular formula is C23H24Cl3N3O. The van der Waals surface area contributed by atoms with Gasteiger partial charge in [0.05, 0.1) is 16.8 Å². The summed E-state index contributed by atoms with van der Waals surface area (Å²) < 4.78 is 0. The molecule has 2 aliphatic heterocycles. The molecule has 0 saturated carbocycles. The van der Waals surface area contributed by atoms with Crippen LogP contribution in [0.4, 0.5) is 0 Å². The standard InChI is InChI=1S/C23H22ClN3O.2ClH/c24-20-7-3-1-6-18(20)22-13-19(17-5-2-4-8-21(17)27-22)23(28)26-16-11-14-9-10-15(12-16)25-14;;/h1-8,13-16,25H,9-12H2,(H,26,28);2*1H. The second-order valence-corrected chi connectivity index (χ2v) is 8.24. The Hall–Kier alpha value is -1.85. The third-order valence-electron chi connectivity index (χ3n) is 5.92. The number of halogens is 3. The fourth-order valence-corrected chi connectivity index (χ4v) is 4.84. The molecule has 0 spiro atoms. The van der Waals surface area contributed by atoms with Crippen molar-refractivity contribution in [3.05, 3.63) is 65.2 Å². The number of carbonyl (C=O) groups excluding carboxylic acids is 1. The van der Waals surface area contributed by atoms with E-state index in [9.17, 15) is 4.79 Å². The molecule has 1 amide bonds. The molecule has 5 rings (SSSR count). The van der Waals surface area contributed by atoms with Gasteiger partial charge in [0, 0.05) is 34.1 Å². The molecule has 7 heteroatoms. The predicted octanol–water partition coefficient (Wildman–Crippen LogP) is 5.41. The molecule has 0 aliphatic carbocycles. The van der Waals surface area contributed by atoms with Crippen LogP contribution in [0.2, 0.25) is 5.02 Å². The Morgan fingerprint density at radius 2 is 1.67 bits per heavy atom. The van der Waals surface area contributed by atoms with Crippen molar-refractivity contribution in [1.82, 2.24) is 15.6 Å². The normalized spacial score (nSPS) is 22.1. The highest BCUT2D eigenvalue weighted by molar-refractivity contribution is 6.33. The highest BCUT2D eigenvalue weighted by Crippen LogP contribution is 2.31. The van der Waals surface area contributed by atoms with E-state index in [1.54, 1.807) is 0 Å². The Morgan fingerprint density at radius 1 is 1.00 bits per heavy atom. The summed E-state index contributed by atoms with van der Waals surface area (Å²) in [5, 5.41) is 8.40. The van der Waals surface area contributed by atoms with Gasteiger partial charge in [0.1, 0.15) is 0 Å². The number of hydrogen-bond acceptors (Lipinski definition) is 3. The van der Waals surface area contributed by atoms with Gasteiger partial charge in [-0.15, -0.1) is 24.8 Å². The molecule has 2 N–H and O–H groups in total. The number of pyridine rings is 1. The molecule has 3 heterocycles. The summed E-state index contributed by atoms with van der Waals surface area (Å²) in [6, 6.07) is 18.6. The average Bonchev–Trinajstić information content (AvgIpc) is 3.05. The largest absolute Gasteiger partial charge is 0.349 e. The van der Waals surface area contributed by atoms with E-state index in [0.29, 0.717) is 22.7 Å². The van der Waals surface area contributed by atoms with Crippen molar-refractivity contribution in [3.8, 4) is 11.3 Å². The van der Waals surface area contributed by atoms with Gasteiger partial charge >= 0.3 is 0 Å². The van der Waals surface area contributed by atoms with E-state index in [4.69, 9.17) is 16.6 Å². The van der Waals surface area contributed by atoms with Crippen molar-refractivity contribution >= 4 is 53.2 Å². The van der Waals surface area contributed by atoms with Crippen LogP contribution in [0.15, 0.2) is 54.6 Å². The number of carbonyl (C=O) groups is 1. The highest BCUT2D eigenvalue weighted by Gasteiger charge is 2.34. The number of fused-ring (bicyclic) bond motifs is 3. The number of nitrogens with zero attached hydrogens (tertiary/aromatic N) is 1. The van der Waals surface area contributed by atoms with E-state index in [0.717, 1.165) is 35.0 Å². The maximum Gasteiger partial charge on any atom is 0.252 e. The Labute approximate surface area is 193 Å². The Bertz CT molecular complexity index is 1050. The van der Waals surface area contributed by atoms with E-state index in [-0.39, 0.29) is 36.8 Å². The number of hydrogen-bond donors (Lipinski definition) is 2. The predicted molar refractivity (Wildman–Crippen MR) is 127 cm³/mol. The van der Waals surface area contributed by atoms with Crippen molar-refractivity contribution in [2.45, 2.75) is 43.8 Å². The molecule has 2 fully saturated rings. The van der Waals surface area contributed by atoms with Gasteiger partial charge in [-0.25, -0.2) is 4.98 Å². The van der Waals surface area contributed by atoms with Crippen LogP contribution in [0.3, 0.4) is 0 Å². The molecule has 0 radical (unpaired) electrons. The lowest BCUT2D eigenvalue weighted by molar-refractivity contribution is 0.0925. The summed E-state index contributed by atoms with van der Waals surface area (Å²) in [5.41, 5.74) is 3.02. The van der Waals surface area contributed by atoms with Crippen LogP contribution in [-0.2, 0) is 0 Å². The number of nitrogens with one attached hydrogen (secondary N) is 2. The van der Waals surface area contributed by atoms with Crippen LogP contribution in [0.25, 0.3) is 22.2 Å². The molecule has 3 aromatic rings. The number of benzene rings is 2. The molecule has 2 saturated heterocycles. The van der Waals surface area contributed by atoms with Crippen LogP contribution in [0, 0.1) is 0 Å². The van der Waals surface area contributed by atoms with Gasteiger partial charge in [-0.2, -0.15) is 0 Å². The first-order valence-corrected chi connectivity index (χ1v) is 10.3. The second-order valence-electron chi connectivity index (χ2n) is 7.83. The molecule has 2 bridgehead atoms. The van der Waals surface area contributed by atoms with Crippen LogP contribution >= 0.6 is 36.4 Å². The summed E-state index contributed by atoms with van der Waals surface area (Å²) in [4.78, 5) is 18.0. The first-order valence-electron chi connectivity index (χ1n) is 9.89. The fourth-order valence-electron chi connectivity index (χ4n) is 4.61. The lowest BCUT2D eigenvalue weighted by Crippen LogP contribution is -2.48. The van der Waals surface area contributed by atoms with Crippen molar-refractivity contribution in [2.24, 2.45) is 0 Å². The summed E-state index contributed by atoms with van der Waals surface area (Å²) in [5.74, 6) is -0.0294. The lowest BCUT2D eigenvalue weighted by Gasteiger charge is -2.29. The molecule has 2 aliphatic rings. The number of rotatable bonds is 3. The maximum absolute atomic E-state index is 13.2. The zero-order valence-electron chi connectivity index (χ0n) is 16.3. The number of amides is 1. The van der Waals surface area contributed by atoms with Gasteiger partial charge in [-0.05, 0) is 43.9 Å². The minimum absolute atomic E-state index is 0. The fraction of sp³-hybridized carbons (Fsp3) is 0.304. The first kappa shape index (κ1) is 22.8. The zero-order valence-corrected chi connectivity index (χ0v) is 18.7. The van der Waals surface area contributed by atoms with Gasteiger partial charge in [0.2, 0.25) is 0 Å². The molecule has 2 unspecified atom stereocenters. The molecule has 1 aromatic heterocycles. The SMILES string of the molecule is Cl.Cl.O=C(NC1CC2CCC(C1)N2)c1cc(-c2ccccc2Cl)nc2ccccc12. The summed E-state index contributed by atoms with van der Waals surface area (Å²) in [6.45, 7) is 0. The van der Waals surface area contributed by atoms with E-state index in [1.807, 2.05) is 54.6 Å². The van der Waals surface area contributed by atoms with Gasteiger partial charge < -0.3 is 10.6 Å². The summed E-state index contributed by atoms with van der Waals surface area (Å²) in [7, 11) is 0. The Morgan fingerprint density at radius 3 is 2.40 bits per heavy atom. The Kier molecular flexibility index (Phi) is 7.25. The molecule has 4 nitrogen and oxygen atoms in total. The van der Waals surface area contributed by atoms with Gasteiger partial charge in [0.15, 0.2) is 0 Å². The van der Waals surface area contributed by atoms with Crippen molar-refractivity contribution in [1.29, 1.82) is 0 Å². The van der Waals surface area contributed by atoms with E-state index < -0.39 is 0 Å². The van der Waals surface area contributed by atoms with E-state index in [2.05, 4.69) is 10.6 Å².